The van der Waals surface area contributed by atoms with Crippen LogP contribution in [0.2, 0.25) is 0 Å². The summed E-state index contributed by atoms with van der Waals surface area (Å²) in [6.45, 7) is 2.55. The lowest BCUT2D eigenvalue weighted by atomic mass is 10.1. The number of ether oxygens (including phenoxy) is 1. The van der Waals surface area contributed by atoms with Gasteiger partial charge in [-0.25, -0.2) is 0 Å². The topological polar surface area (TPSA) is 66.8 Å². The van der Waals surface area contributed by atoms with E-state index in [4.69, 9.17) is 9.84 Å². The molecule has 0 aliphatic carbocycles. The van der Waals surface area contributed by atoms with Gasteiger partial charge in [-0.3, -0.25) is 9.59 Å². The van der Waals surface area contributed by atoms with E-state index in [1.54, 1.807) is 12.0 Å². The highest BCUT2D eigenvalue weighted by Crippen LogP contribution is 2.23. The maximum absolute atomic E-state index is 12.5. The zero-order valence-electron chi connectivity index (χ0n) is 13.1. The fraction of sp³-hybridized carbons (Fsp3) is 0.529. The standard InChI is InChI=1S/C17H23NO4/c1-3-12-5-4-6-13(7-12)8-16(19)18-11-15(22-2)9-14(18)10-17(20)21/h4-7,14-15H,3,8-11H2,1-2H3,(H,20,21). The Morgan fingerprint density at radius 3 is 2.73 bits per heavy atom. The number of likely N-dealkylation sites (tertiary alicyclic amines) is 1. The normalized spacial score (nSPS) is 21.1. The van der Waals surface area contributed by atoms with Gasteiger partial charge in [0.05, 0.1) is 18.9 Å². The molecule has 2 unspecified atom stereocenters. The van der Waals surface area contributed by atoms with Crippen LogP contribution in [0.1, 0.15) is 30.9 Å². The number of carbonyl (C=O) groups is 2. The minimum atomic E-state index is -0.882. The van der Waals surface area contributed by atoms with E-state index >= 15 is 0 Å². The molecule has 0 aromatic heterocycles. The third-order valence-corrected chi connectivity index (χ3v) is 4.19. The summed E-state index contributed by atoms with van der Waals surface area (Å²) in [5, 5.41) is 9.01. The molecular weight excluding hydrogens is 282 g/mol. The summed E-state index contributed by atoms with van der Waals surface area (Å²) in [5.41, 5.74) is 2.17. The van der Waals surface area contributed by atoms with Crippen LogP contribution in [0.15, 0.2) is 24.3 Å². The molecule has 1 fully saturated rings. The summed E-state index contributed by atoms with van der Waals surface area (Å²) in [4.78, 5) is 25.2. The molecule has 0 bridgehead atoms. The Kier molecular flexibility index (Phi) is 5.55. The monoisotopic (exact) mass is 305 g/mol. The Labute approximate surface area is 130 Å². The number of aryl methyl sites for hydroxylation is 1. The van der Waals surface area contributed by atoms with Crippen LogP contribution in [0.4, 0.5) is 0 Å². The number of carbonyl (C=O) groups excluding carboxylic acids is 1. The number of hydrogen-bond donors (Lipinski definition) is 1. The van der Waals surface area contributed by atoms with Crippen LogP contribution in [0.5, 0.6) is 0 Å². The van der Waals surface area contributed by atoms with Crippen molar-refractivity contribution in [3.63, 3.8) is 0 Å². The van der Waals surface area contributed by atoms with Crippen LogP contribution in [-0.2, 0) is 27.2 Å². The molecule has 120 valence electrons. The van der Waals surface area contributed by atoms with Crippen molar-refractivity contribution < 1.29 is 19.4 Å². The molecular formula is C17H23NO4. The minimum Gasteiger partial charge on any atom is -0.481 e. The molecule has 5 nitrogen and oxygen atoms in total. The molecule has 2 atom stereocenters. The quantitative estimate of drug-likeness (QED) is 0.871. The van der Waals surface area contributed by atoms with Gasteiger partial charge in [0.25, 0.3) is 0 Å². The van der Waals surface area contributed by atoms with E-state index in [2.05, 4.69) is 6.92 Å². The highest BCUT2D eigenvalue weighted by atomic mass is 16.5. The summed E-state index contributed by atoms with van der Waals surface area (Å²) < 4.78 is 5.30. The molecule has 0 radical (unpaired) electrons. The largest absolute Gasteiger partial charge is 0.481 e. The number of nitrogens with zero attached hydrogens (tertiary/aromatic N) is 1. The van der Waals surface area contributed by atoms with Crippen molar-refractivity contribution in [1.29, 1.82) is 0 Å². The zero-order valence-corrected chi connectivity index (χ0v) is 13.1. The van der Waals surface area contributed by atoms with Crippen LogP contribution in [0, 0.1) is 0 Å². The maximum Gasteiger partial charge on any atom is 0.305 e. The average molecular weight is 305 g/mol. The molecule has 1 amide bonds. The molecule has 0 saturated carbocycles. The summed E-state index contributed by atoms with van der Waals surface area (Å²) in [6, 6.07) is 7.70. The molecule has 2 rings (SSSR count). The first-order chi connectivity index (χ1) is 10.5. The second-order valence-corrected chi connectivity index (χ2v) is 5.74. The highest BCUT2D eigenvalue weighted by Gasteiger charge is 2.36. The molecule has 0 spiro atoms. The molecule has 1 aliphatic heterocycles. The molecule has 22 heavy (non-hydrogen) atoms. The van der Waals surface area contributed by atoms with Crippen molar-refractivity contribution in [3.05, 3.63) is 35.4 Å². The van der Waals surface area contributed by atoms with Gasteiger partial charge in [-0.15, -0.1) is 0 Å². The number of amides is 1. The fourth-order valence-corrected chi connectivity index (χ4v) is 2.98. The molecule has 1 N–H and O–H groups in total. The van der Waals surface area contributed by atoms with E-state index in [0.29, 0.717) is 19.4 Å². The predicted octanol–water partition coefficient (Wildman–Crippen LogP) is 1.88. The fourth-order valence-electron chi connectivity index (χ4n) is 2.98. The lowest BCUT2D eigenvalue weighted by Crippen LogP contribution is -2.38. The van der Waals surface area contributed by atoms with Crippen LogP contribution in [0.3, 0.4) is 0 Å². The summed E-state index contributed by atoms with van der Waals surface area (Å²) in [7, 11) is 1.60. The third kappa shape index (κ3) is 4.07. The first kappa shape index (κ1) is 16.5. The Hall–Kier alpha value is -1.88. The summed E-state index contributed by atoms with van der Waals surface area (Å²) in [6.07, 6.45) is 1.72. The number of carboxylic acid groups (broad SMARTS) is 1. The summed E-state index contributed by atoms with van der Waals surface area (Å²) >= 11 is 0. The van der Waals surface area contributed by atoms with Gasteiger partial charge in [0.1, 0.15) is 0 Å². The van der Waals surface area contributed by atoms with Gasteiger partial charge in [-0.05, 0) is 24.0 Å². The second kappa shape index (κ2) is 7.40. The lowest BCUT2D eigenvalue weighted by Gasteiger charge is -2.23. The van der Waals surface area contributed by atoms with Crippen molar-refractivity contribution in [3.8, 4) is 0 Å². The molecule has 5 heteroatoms. The predicted molar refractivity (Wildman–Crippen MR) is 82.7 cm³/mol. The smallest absolute Gasteiger partial charge is 0.305 e. The van der Waals surface area contributed by atoms with E-state index in [1.807, 2.05) is 24.3 Å². The van der Waals surface area contributed by atoms with Gasteiger partial charge in [0, 0.05) is 19.7 Å². The van der Waals surface area contributed by atoms with Crippen molar-refractivity contribution in [2.75, 3.05) is 13.7 Å². The number of carboxylic acids is 1. The molecule has 1 aromatic rings. The van der Waals surface area contributed by atoms with Gasteiger partial charge in [0.2, 0.25) is 5.91 Å². The van der Waals surface area contributed by atoms with Crippen molar-refractivity contribution in [2.45, 2.75) is 44.8 Å². The van der Waals surface area contributed by atoms with E-state index < -0.39 is 5.97 Å². The summed E-state index contributed by atoms with van der Waals surface area (Å²) in [5.74, 6) is -0.911. The SMILES string of the molecule is CCc1cccc(CC(=O)N2CC(OC)CC2CC(=O)O)c1. The number of hydrogen-bond acceptors (Lipinski definition) is 3. The van der Waals surface area contributed by atoms with Crippen molar-refractivity contribution in [1.82, 2.24) is 4.90 Å². The third-order valence-electron chi connectivity index (χ3n) is 4.19. The number of benzene rings is 1. The molecule has 1 aliphatic rings. The van der Waals surface area contributed by atoms with Gasteiger partial charge >= 0.3 is 5.97 Å². The van der Waals surface area contributed by atoms with Gasteiger partial charge in [-0.1, -0.05) is 31.2 Å². The van der Waals surface area contributed by atoms with E-state index in [-0.39, 0.29) is 24.5 Å². The first-order valence-corrected chi connectivity index (χ1v) is 7.65. The van der Waals surface area contributed by atoms with Gasteiger partial charge in [0.15, 0.2) is 0 Å². The number of rotatable bonds is 6. The Balaban J connectivity index is 2.07. The first-order valence-electron chi connectivity index (χ1n) is 7.65. The average Bonchev–Trinajstić information content (AvgIpc) is 2.89. The van der Waals surface area contributed by atoms with E-state index in [0.717, 1.165) is 12.0 Å². The Morgan fingerprint density at radius 2 is 2.09 bits per heavy atom. The molecule has 1 heterocycles. The Morgan fingerprint density at radius 1 is 1.36 bits per heavy atom. The Bertz CT molecular complexity index is 543. The van der Waals surface area contributed by atoms with Gasteiger partial charge in [-0.2, -0.15) is 0 Å². The number of methoxy groups -OCH3 is 1. The van der Waals surface area contributed by atoms with Crippen LogP contribution in [0.25, 0.3) is 0 Å². The van der Waals surface area contributed by atoms with Gasteiger partial charge < -0.3 is 14.7 Å². The second-order valence-electron chi connectivity index (χ2n) is 5.74. The number of aliphatic carboxylic acids is 1. The zero-order chi connectivity index (χ0) is 16.1. The van der Waals surface area contributed by atoms with Crippen molar-refractivity contribution >= 4 is 11.9 Å². The van der Waals surface area contributed by atoms with E-state index in [1.165, 1.54) is 5.56 Å². The van der Waals surface area contributed by atoms with E-state index in [9.17, 15) is 9.59 Å². The molecule has 1 saturated heterocycles. The lowest BCUT2D eigenvalue weighted by molar-refractivity contribution is -0.139. The van der Waals surface area contributed by atoms with Crippen LogP contribution in [-0.4, -0.2) is 47.7 Å². The maximum atomic E-state index is 12.5. The minimum absolute atomic E-state index is 0.0272. The highest BCUT2D eigenvalue weighted by molar-refractivity contribution is 5.80. The van der Waals surface area contributed by atoms with Crippen molar-refractivity contribution in [2.24, 2.45) is 0 Å². The molecule has 1 aromatic carbocycles. The van der Waals surface area contributed by atoms with Crippen LogP contribution < -0.4 is 0 Å². The van der Waals surface area contributed by atoms with Crippen LogP contribution >= 0.6 is 0 Å².